The van der Waals surface area contributed by atoms with Crippen molar-refractivity contribution in [3.8, 4) is 0 Å². The molecule has 0 aromatic heterocycles. The maximum Gasteiger partial charge on any atom is 0.306 e. The van der Waals surface area contributed by atoms with E-state index in [4.69, 9.17) is 14.2 Å². The third-order valence-corrected chi connectivity index (χ3v) is 15.3. The first kappa shape index (κ1) is 71.2. The van der Waals surface area contributed by atoms with Crippen LogP contribution in [0.1, 0.15) is 380 Å². The van der Waals surface area contributed by atoms with Crippen molar-refractivity contribution in [2.75, 3.05) is 13.2 Å². The lowest BCUT2D eigenvalue weighted by atomic mass is 10.0. The van der Waals surface area contributed by atoms with Gasteiger partial charge in [-0.1, -0.05) is 328 Å². The van der Waals surface area contributed by atoms with E-state index in [0.29, 0.717) is 19.3 Å². The van der Waals surface area contributed by atoms with Crippen LogP contribution in [0.15, 0.2) is 12.2 Å². The summed E-state index contributed by atoms with van der Waals surface area (Å²) in [6.45, 7) is 6.70. The third-order valence-electron chi connectivity index (χ3n) is 15.3. The molecule has 0 amide bonds. The summed E-state index contributed by atoms with van der Waals surface area (Å²) in [5.74, 6) is -0.835. The normalized spacial score (nSPS) is 12.0. The van der Waals surface area contributed by atoms with Gasteiger partial charge in [0.2, 0.25) is 0 Å². The summed E-state index contributed by atoms with van der Waals surface area (Å²) in [7, 11) is 0. The van der Waals surface area contributed by atoms with Crippen LogP contribution in [0.3, 0.4) is 0 Å². The van der Waals surface area contributed by atoms with E-state index in [0.717, 1.165) is 57.8 Å². The number of ether oxygens (including phenoxy) is 3. The number of allylic oxidation sites excluding steroid dienone is 2. The molecule has 0 N–H and O–H groups in total. The Labute approximate surface area is 456 Å². The minimum atomic E-state index is -0.763. The van der Waals surface area contributed by atoms with Crippen LogP contribution in [-0.4, -0.2) is 37.2 Å². The molecule has 1 atom stereocenters. The van der Waals surface area contributed by atoms with E-state index in [1.165, 1.54) is 283 Å². The number of carbonyl (C=O) groups excluding carboxylic acids is 3. The lowest BCUT2D eigenvalue weighted by molar-refractivity contribution is -0.167. The lowest BCUT2D eigenvalue weighted by Gasteiger charge is -2.18. The monoisotopic (exact) mass is 1030 g/mol. The highest BCUT2D eigenvalue weighted by Crippen LogP contribution is 2.18. The molecule has 0 saturated heterocycles. The lowest BCUT2D eigenvalue weighted by Crippen LogP contribution is -2.30. The van der Waals surface area contributed by atoms with Gasteiger partial charge in [-0.25, -0.2) is 0 Å². The van der Waals surface area contributed by atoms with Crippen molar-refractivity contribution in [2.45, 2.75) is 386 Å². The van der Waals surface area contributed by atoms with Crippen LogP contribution in [0.25, 0.3) is 0 Å². The van der Waals surface area contributed by atoms with Crippen LogP contribution >= 0.6 is 0 Å². The Morgan fingerprint density at radius 2 is 0.452 bits per heavy atom. The molecule has 0 aliphatic rings. The number of hydrogen-bond acceptors (Lipinski definition) is 6. The molecule has 0 spiro atoms. The van der Waals surface area contributed by atoms with Gasteiger partial charge in [-0.15, -0.1) is 0 Å². The summed E-state index contributed by atoms with van der Waals surface area (Å²) < 4.78 is 16.9. The molecule has 0 saturated carbocycles. The number of carbonyl (C=O) groups is 3. The van der Waals surface area contributed by atoms with Crippen molar-refractivity contribution in [1.29, 1.82) is 0 Å². The molecule has 0 aromatic carbocycles. The SMILES string of the molecule is CCCCCCCCCC/C=C\CCCCCCCCCCCCCCCCCCCCCC(=O)OCC(COC(=O)CCCCCCCCCCCCCC)OC(=O)CCCCCCCCCCCCCC. The van der Waals surface area contributed by atoms with Crippen molar-refractivity contribution < 1.29 is 28.6 Å². The Hall–Kier alpha value is -1.85. The summed E-state index contributed by atoms with van der Waals surface area (Å²) in [6, 6.07) is 0. The van der Waals surface area contributed by atoms with Gasteiger partial charge in [0, 0.05) is 19.3 Å². The smallest absolute Gasteiger partial charge is 0.306 e. The van der Waals surface area contributed by atoms with Crippen molar-refractivity contribution in [1.82, 2.24) is 0 Å². The predicted molar refractivity (Wildman–Crippen MR) is 317 cm³/mol. The van der Waals surface area contributed by atoms with Crippen molar-refractivity contribution in [2.24, 2.45) is 0 Å². The van der Waals surface area contributed by atoms with Crippen LogP contribution in [-0.2, 0) is 28.6 Å². The van der Waals surface area contributed by atoms with E-state index < -0.39 is 6.10 Å². The second kappa shape index (κ2) is 62.7. The van der Waals surface area contributed by atoms with Gasteiger partial charge >= 0.3 is 17.9 Å². The molecule has 73 heavy (non-hydrogen) atoms. The average Bonchev–Trinajstić information content (AvgIpc) is 3.39. The van der Waals surface area contributed by atoms with Gasteiger partial charge in [0.1, 0.15) is 13.2 Å². The van der Waals surface area contributed by atoms with Gasteiger partial charge in [0.15, 0.2) is 6.10 Å². The van der Waals surface area contributed by atoms with Crippen molar-refractivity contribution >= 4 is 17.9 Å². The molecule has 0 aromatic rings. The first-order valence-corrected chi connectivity index (χ1v) is 33.2. The molecule has 0 radical (unpaired) electrons. The highest BCUT2D eigenvalue weighted by atomic mass is 16.6. The number of unbranched alkanes of at least 4 members (excludes halogenated alkanes) is 49. The highest BCUT2D eigenvalue weighted by Gasteiger charge is 2.19. The van der Waals surface area contributed by atoms with Gasteiger partial charge in [-0.2, -0.15) is 0 Å². The summed E-state index contributed by atoms with van der Waals surface area (Å²) in [5, 5.41) is 0. The minimum Gasteiger partial charge on any atom is -0.462 e. The maximum atomic E-state index is 12.8. The second-order valence-electron chi connectivity index (χ2n) is 22.7. The Balaban J connectivity index is 4.03. The molecule has 0 fully saturated rings. The van der Waals surface area contributed by atoms with Crippen LogP contribution in [0.5, 0.6) is 0 Å². The van der Waals surface area contributed by atoms with E-state index in [-0.39, 0.29) is 31.1 Å². The quantitative estimate of drug-likeness (QED) is 0.0261. The van der Waals surface area contributed by atoms with E-state index in [9.17, 15) is 14.4 Å². The molecule has 0 aliphatic carbocycles. The molecule has 1 unspecified atom stereocenters. The highest BCUT2D eigenvalue weighted by molar-refractivity contribution is 5.71. The molecule has 432 valence electrons. The Bertz CT molecular complexity index is 1130. The zero-order chi connectivity index (χ0) is 52.9. The number of hydrogen-bond donors (Lipinski definition) is 0. The van der Waals surface area contributed by atoms with E-state index in [1.54, 1.807) is 0 Å². The standard InChI is InChI=1S/C67H128O6/c1-4-7-10-13-16-19-22-25-26-27-28-29-30-31-32-33-34-35-36-37-38-39-40-41-42-43-46-48-51-54-57-60-66(69)72-63-64(73-67(70)61-58-55-52-49-45-24-21-18-15-12-9-6-3)62-71-65(68)59-56-53-50-47-44-23-20-17-14-11-8-5-2/h27-28,64H,4-26,29-63H2,1-3H3/b28-27-. The summed E-state index contributed by atoms with van der Waals surface area (Å²) >= 11 is 0. The Kier molecular flexibility index (Phi) is 61.1. The summed E-state index contributed by atoms with van der Waals surface area (Å²) in [4.78, 5) is 38.2. The van der Waals surface area contributed by atoms with Crippen LogP contribution in [0.4, 0.5) is 0 Å². The third kappa shape index (κ3) is 60.9. The molecule has 0 heterocycles. The van der Waals surface area contributed by atoms with E-state index >= 15 is 0 Å². The molecule has 6 heteroatoms. The fraction of sp³-hybridized carbons (Fsp3) is 0.925. The largest absolute Gasteiger partial charge is 0.462 e. The molecule has 6 nitrogen and oxygen atoms in total. The number of esters is 3. The van der Waals surface area contributed by atoms with Crippen LogP contribution < -0.4 is 0 Å². The summed E-state index contributed by atoms with van der Waals surface area (Å²) in [6.07, 6.45) is 73.9. The topological polar surface area (TPSA) is 78.9 Å². The fourth-order valence-electron chi connectivity index (χ4n) is 10.3. The first-order chi connectivity index (χ1) is 36.0. The van der Waals surface area contributed by atoms with Crippen LogP contribution in [0, 0.1) is 0 Å². The van der Waals surface area contributed by atoms with Crippen molar-refractivity contribution in [3.63, 3.8) is 0 Å². The van der Waals surface area contributed by atoms with Crippen LogP contribution in [0.2, 0.25) is 0 Å². The number of rotatable bonds is 62. The Morgan fingerprint density at radius 1 is 0.260 bits per heavy atom. The average molecular weight is 1030 g/mol. The molecule has 0 rings (SSSR count). The zero-order valence-electron chi connectivity index (χ0n) is 49.7. The molecule has 0 aliphatic heterocycles. The summed E-state index contributed by atoms with van der Waals surface area (Å²) in [5.41, 5.74) is 0. The van der Waals surface area contributed by atoms with Crippen molar-refractivity contribution in [3.05, 3.63) is 12.2 Å². The molecular formula is C67H128O6. The first-order valence-electron chi connectivity index (χ1n) is 33.2. The Morgan fingerprint density at radius 3 is 0.685 bits per heavy atom. The van der Waals surface area contributed by atoms with Gasteiger partial charge in [0.05, 0.1) is 0 Å². The molecule has 0 bridgehead atoms. The maximum absolute atomic E-state index is 12.8. The minimum absolute atomic E-state index is 0.0625. The molecular weight excluding hydrogens is 901 g/mol. The zero-order valence-corrected chi connectivity index (χ0v) is 49.7. The van der Waals surface area contributed by atoms with Gasteiger partial charge in [-0.05, 0) is 44.9 Å². The van der Waals surface area contributed by atoms with E-state index in [1.807, 2.05) is 0 Å². The van der Waals surface area contributed by atoms with Gasteiger partial charge < -0.3 is 14.2 Å². The van der Waals surface area contributed by atoms with Gasteiger partial charge in [0.25, 0.3) is 0 Å². The fourth-order valence-corrected chi connectivity index (χ4v) is 10.3. The van der Waals surface area contributed by atoms with Gasteiger partial charge in [-0.3, -0.25) is 14.4 Å². The predicted octanol–water partition coefficient (Wildman–Crippen LogP) is 22.4. The second-order valence-corrected chi connectivity index (χ2v) is 22.7. The van der Waals surface area contributed by atoms with E-state index in [2.05, 4.69) is 32.9 Å².